The molecule has 176 valence electrons. The van der Waals surface area contributed by atoms with Gasteiger partial charge >= 0.3 is 5.97 Å². The first kappa shape index (κ1) is 24.0. The summed E-state index contributed by atoms with van der Waals surface area (Å²) in [5.74, 6) is 0.488. The predicted molar refractivity (Wildman–Crippen MR) is 128 cm³/mol. The third-order valence-corrected chi connectivity index (χ3v) is 8.49. The molecular formula is C18H15N7O5S4. The van der Waals surface area contributed by atoms with Crippen LogP contribution in [0.1, 0.15) is 5.69 Å². The van der Waals surface area contributed by atoms with Crippen molar-refractivity contribution in [2.45, 2.75) is 15.8 Å². The van der Waals surface area contributed by atoms with Crippen LogP contribution in [0.4, 0.5) is 5.13 Å². The van der Waals surface area contributed by atoms with Crippen molar-refractivity contribution in [3.8, 4) is 12.3 Å². The van der Waals surface area contributed by atoms with E-state index in [0.717, 1.165) is 11.3 Å². The molecule has 2 aliphatic heterocycles. The minimum atomic E-state index is -1.21. The van der Waals surface area contributed by atoms with E-state index in [1.807, 2.05) is 0 Å². The highest BCUT2D eigenvalue weighted by atomic mass is 32.2. The molecular weight excluding hydrogens is 523 g/mol. The Labute approximate surface area is 209 Å². The Morgan fingerprint density at radius 2 is 2.29 bits per heavy atom. The summed E-state index contributed by atoms with van der Waals surface area (Å²) >= 11 is 5.16. The van der Waals surface area contributed by atoms with Crippen LogP contribution in [0.2, 0.25) is 0 Å². The van der Waals surface area contributed by atoms with Crippen LogP contribution >= 0.6 is 46.2 Å². The van der Waals surface area contributed by atoms with Gasteiger partial charge < -0.3 is 21.0 Å². The zero-order valence-electron chi connectivity index (χ0n) is 17.0. The van der Waals surface area contributed by atoms with Crippen LogP contribution in [-0.2, 0) is 19.2 Å². The first-order valence-corrected chi connectivity index (χ1v) is 13.1. The van der Waals surface area contributed by atoms with Crippen molar-refractivity contribution in [1.29, 1.82) is 0 Å². The summed E-state index contributed by atoms with van der Waals surface area (Å²) in [4.78, 5) is 47.9. The van der Waals surface area contributed by atoms with Gasteiger partial charge in [0.25, 0.3) is 11.8 Å². The number of fused-ring (bicyclic) bond motifs is 1. The lowest BCUT2D eigenvalue weighted by Crippen LogP contribution is -2.71. The fourth-order valence-corrected chi connectivity index (χ4v) is 6.63. The molecule has 4 rings (SSSR count). The normalized spacial score (nSPS) is 19.8. The van der Waals surface area contributed by atoms with Crippen molar-refractivity contribution < 1.29 is 24.3 Å². The maximum Gasteiger partial charge on any atom is 0.352 e. The van der Waals surface area contributed by atoms with E-state index < -0.39 is 29.2 Å². The van der Waals surface area contributed by atoms with E-state index >= 15 is 0 Å². The van der Waals surface area contributed by atoms with Gasteiger partial charge in [0.2, 0.25) is 0 Å². The number of rotatable bonds is 9. The Bertz CT molecular complexity index is 1220. The number of carbonyl (C=O) groups is 3. The second-order valence-corrected chi connectivity index (χ2v) is 10.7. The number of aromatic nitrogens is 3. The standard InChI is InChI=1S/C18H15N7O5S4/c1-2-3-30-24-10(9-6-32-17(19)21-9)13(26)22-11-14(27)25-12(16(28)29)8(4-31-15(11)25)5-33-18-23-20-7-34-18/h1,6-7,11,15H,3-5H2,(H2,19,21)(H,22,26)(H,28,29)/b24-10+/t11?,15-/m1/s1. The number of anilines is 1. The van der Waals surface area contributed by atoms with Crippen molar-refractivity contribution in [2.24, 2.45) is 5.16 Å². The summed E-state index contributed by atoms with van der Waals surface area (Å²) in [5.41, 5.74) is 7.72. The summed E-state index contributed by atoms with van der Waals surface area (Å²) in [7, 11) is 0. The highest BCUT2D eigenvalue weighted by Crippen LogP contribution is 2.41. The van der Waals surface area contributed by atoms with Gasteiger partial charge in [0, 0.05) is 16.9 Å². The van der Waals surface area contributed by atoms with E-state index in [1.165, 1.54) is 45.1 Å². The van der Waals surface area contributed by atoms with Gasteiger partial charge in [-0.05, 0) is 5.57 Å². The number of carboxylic acid groups (broad SMARTS) is 1. The summed E-state index contributed by atoms with van der Waals surface area (Å²) < 4.78 is 0.700. The molecule has 2 atom stereocenters. The molecule has 2 aromatic heterocycles. The van der Waals surface area contributed by atoms with Crippen molar-refractivity contribution >= 4 is 74.8 Å². The Morgan fingerprint density at radius 3 is 2.94 bits per heavy atom. The molecule has 0 radical (unpaired) electrons. The van der Waals surface area contributed by atoms with Crippen LogP contribution in [0.5, 0.6) is 0 Å². The minimum Gasteiger partial charge on any atom is -0.477 e. The second-order valence-electron chi connectivity index (χ2n) is 6.60. The van der Waals surface area contributed by atoms with Crippen LogP contribution in [0.25, 0.3) is 0 Å². The summed E-state index contributed by atoms with van der Waals surface area (Å²) in [6, 6.07) is -0.946. The average molecular weight is 538 g/mol. The third kappa shape index (κ3) is 4.87. The number of nitrogens with two attached hydrogens (primary N) is 1. The fraction of sp³-hybridized carbons (Fsp3) is 0.278. The predicted octanol–water partition coefficient (Wildman–Crippen LogP) is 0.462. The van der Waals surface area contributed by atoms with Gasteiger partial charge in [-0.25, -0.2) is 9.78 Å². The van der Waals surface area contributed by atoms with Crippen molar-refractivity contribution in [1.82, 2.24) is 25.4 Å². The third-order valence-electron chi connectivity index (χ3n) is 4.53. The van der Waals surface area contributed by atoms with Crippen LogP contribution in [-0.4, -0.2) is 78.2 Å². The lowest BCUT2D eigenvalue weighted by molar-refractivity contribution is -0.150. The topological polar surface area (TPSA) is 173 Å². The quantitative estimate of drug-likeness (QED) is 0.101. The molecule has 1 unspecified atom stereocenters. The molecule has 0 saturated carbocycles. The second kappa shape index (κ2) is 10.4. The number of carboxylic acids is 1. The van der Waals surface area contributed by atoms with Gasteiger partial charge in [0.05, 0.1) is 0 Å². The number of thioether (sulfide) groups is 2. The number of carbonyl (C=O) groups excluding carboxylic acids is 2. The number of β-lactam (4-membered cyclic amide) rings is 1. The Balaban J connectivity index is 1.49. The highest BCUT2D eigenvalue weighted by molar-refractivity contribution is 8.01. The molecule has 1 fully saturated rings. The number of nitrogens with one attached hydrogen (secondary N) is 1. The van der Waals surface area contributed by atoms with E-state index in [1.54, 1.807) is 5.51 Å². The summed E-state index contributed by atoms with van der Waals surface area (Å²) in [6.45, 7) is -0.171. The number of nitrogens with zero attached hydrogens (tertiary/aromatic N) is 5. The van der Waals surface area contributed by atoms with Gasteiger partial charge in [-0.1, -0.05) is 34.2 Å². The number of thiazole rings is 1. The zero-order chi connectivity index (χ0) is 24.2. The molecule has 2 aliphatic rings. The monoisotopic (exact) mass is 537 g/mol. The SMILES string of the molecule is C#CCO/N=C(/C(=O)NC1C(=O)N2C(C(=O)O)=C(CSc3nncs3)CS[C@H]12)c1csc(N)n1. The largest absolute Gasteiger partial charge is 0.477 e. The first-order chi connectivity index (χ1) is 16.4. The lowest BCUT2D eigenvalue weighted by atomic mass is 10.0. The van der Waals surface area contributed by atoms with Crippen LogP contribution in [0.3, 0.4) is 0 Å². The molecule has 2 amide bonds. The van der Waals surface area contributed by atoms with Crippen LogP contribution < -0.4 is 11.1 Å². The Kier molecular flexibility index (Phi) is 7.36. The number of amides is 2. The molecule has 0 aliphatic carbocycles. The van der Waals surface area contributed by atoms with Gasteiger partial charge in [-0.3, -0.25) is 14.5 Å². The highest BCUT2D eigenvalue weighted by Gasteiger charge is 2.54. The molecule has 0 bridgehead atoms. The molecule has 0 aromatic carbocycles. The van der Waals surface area contributed by atoms with Crippen LogP contribution in [0, 0.1) is 12.3 Å². The zero-order valence-corrected chi connectivity index (χ0v) is 20.3. The van der Waals surface area contributed by atoms with E-state index in [9.17, 15) is 19.5 Å². The Hall–Kier alpha value is -3.13. The molecule has 1 saturated heterocycles. The minimum absolute atomic E-state index is 0.0743. The summed E-state index contributed by atoms with van der Waals surface area (Å²) in [5, 5.41) is 25.0. The number of hydrogen-bond donors (Lipinski definition) is 3. The molecule has 12 nitrogen and oxygen atoms in total. The fourth-order valence-electron chi connectivity index (χ4n) is 3.11. The maximum absolute atomic E-state index is 12.9. The van der Waals surface area contributed by atoms with Crippen molar-refractivity contribution in [2.75, 3.05) is 23.8 Å². The van der Waals surface area contributed by atoms with Gasteiger partial charge in [0.1, 0.15) is 28.3 Å². The van der Waals surface area contributed by atoms with Crippen molar-refractivity contribution in [3.05, 3.63) is 27.9 Å². The lowest BCUT2D eigenvalue weighted by Gasteiger charge is -2.49. The first-order valence-electron chi connectivity index (χ1n) is 9.35. The molecule has 0 spiro atoms. The number of aliphatic carboxylic acids is 1. The number of nitrogen functional groups attached to an aromatic ring is 1. The Morgan fingerprint density at radius 1 is 1.47 bits per heavy atom. The van der Waals surface area contributed by atoms with E-state index in [-0.39, 0.29) is 28.8 Å². The van der Waals surface area contributed by atoms with E-state index in [4.69, 9.17) is 17.0 Å². The average Bonchev–Trinajstić information content (AvgIpc) is 3.49. The number of terminal acetylenes is 1. The molecule has 34 heavy (non-hydrogen) atoms. The van der Waals surface area contributed by atoms with Crippen LogP contribution in [0.15, 0.2) is 31.7 Å². The molecule has 4 N–H and O–H groups in total. The molecule has 2 aromatic rings. The van der Waals surface area contributed by atoms with Gasteiger partial charge in [-0.15, -0.1) is 39.7 Å². The van der Waals surface area contributed by atoms with Gasteiger partial charge in [0.15, 0.2) is 21.8 Å². The van der Waals surface area contributed by atoms with Gasteiger partial charge in [-0.2, -0.15) is 0 Å². The summed E-state index contributed by atoms with van der Waals surface area (Å²) in [6.07, 6.45) is 5.14. The van der Waals surface area contributed by atoms with E-state index in [2.05, 4.69) is 31.6 Å². The molecule has 4 heterocycles. The maximum atomic E-state index is 12.9. The smallest absolute Gasteiger partial charge is 0.352 e. The number of hydrogen-bond acceptors (Lipinski definition) is 13. The van der Waals surface area contributed by atoms with E-state index in [0.29, 0.717) is 21.4 Å². The molecule has 16 heteroatoms. The number of oxime groups is 1. The van der Waals surface area contributed by atoms with Crippen molar-refractivity contribution in [3.63, 3.8) is 0 Å².